The van der Waals surface area contributed by atoms with Crippen LogP contribution in [0.4, 0.5) is 0 Å². The minimum Gasteiger partial charge on any atom is -0.469 e. The molecule has 0 atom stereocenters. The summed E-state index contributed by atoms with van der Waals surface area (Å²) in [6.07, 6.45) is 2.52. The Hall–Kier alpha value is -1.27. The van der Waals surface area contributed by atoms with E-state index in [1.165, 1.54) is 7.11 Å². The van der Waals surface area contributed by atoms with Crippen molar-refractivity contribution in [2.75, 3.05) is 46.8 Å². The van der Waals surface area contributed by atoms with Crippen LogP contribution in [0.3, 0.4) is 0 Å². The van der Waals surface area contributed by atoms with Gasteiger partial charge in [0, 0.05) is 18.6 Å². The Morgan fingerprint density at radius 3 is 1.65 bits per heavy atom. The molecule has 0 rings (SSSR count). The van der Waals surface area contributed by atoms with Crippen LogP contribution >= 0.6 is 0 Å². The topological polar surface area (TPSA) is 88.1 Å². The molecule has 0 amide bonds. The minimum absolute atomic E-state index is 0.180. The maximum absolute atomic E-state index is 11.0. The van der Waals surface area contributed by atoms with E-state index >= 15 is 0 Å². The zero-order valence-corrected chi connectivity index (χ0v) is 14.7. The van der Waals surface area contributed by atoms with E-state index in [0.717, 1.165) is 26.1 Å². The molecule has 0 fully saturated rings. The molecular formula is C16H30O7. The van der Waals surface area contributed by atoms with Crippen LogP contribution in [0.25, 0.3) is 0 Å². The smallest absolute Gasteiger partial charge is 0.373 e. The zero-order valence-electron chi connectivity index (χ0n) is 14.7. The van der Waals surface area contributed by atoms with E-state index in [4.69, 9.17) is 23.8 Å². The maximum Gasteiger partial charge on any atom is 0.373 e. The van der Waals surface area contributed by atoms with Gasteiger partial charge in [-0.25, -0.2) is 0 Å². The van der Waals surface area contributed by atoms with Gasteiger partial charge < -0.3 is 18.9 Å². The quantitative estimate of drug-likeness (QED) is 0.375. The normalized spacial score (nSPS) is 10.4. The van der Waals surface area contributed by atoms with Crippen LogP contribution < -0.4 is 0 Å². The summed E-state index contributed by atoms with van der Waals surface area (Å²) in [6, 6.07) is 0. The number of ether oxygens (including phenoxy) is 4. The Bertz CT molecular complexity index is 302. The molecule has 0 aromatic carbocycles. The molecule has 136 valence electrons. The predicted molar refractivity (Wildman–Crippen MR) is 82.8 cm³/mol. The average molecular weight is 334 g/mol. The van der Waals surface area contributed by atoms with E-state index in [2.05, 4.69) is 25.5 Å². The first-order valence-corrected chi connectivity index (χ1v) is 7.79. The highest BCUT2D eigenvalue weighted by atomic mass is 16.5. The highest BCUT2D eigenvalue weighted by Gasteiger charge is 2.25. The van der Waals surface area contributed by atoms with Crippen LogP contribution in [-0.4, -0.2) is 58.9 Å². The van der Waals surface area contributed by atoms with E-state index in [-0.39, 0.29) is 24.0 Å². The van der Waals surface area contributed by atoms with Gasteiger partial charge in [-0.2, -0.15) is 9.59 Å². The fraction of sp³-hybridized carbons (Fsp3) is 0.875. The maximum atomic E-state index is 11.0. The third-order valence-corrected chi connectivity index (χ3v) is 2.73. The van der Waals surface area contributed by atoms with Gasteiger partial charge in [-0.1, -0.05) is 20.8 Å². The van der Waals surface area contributed by atoms with Crippen molar-refractivity contribution in [3.8, 4) is 0 Å². The lowest BCUT2D eigenvalue weighted by molar-refractivity contribution is -0.191. The largest absolute Gasteiger partial charge is 0.469 e. The third-order valence-electron chi connectivity index (χ3n) is 2.73. The van der Waals surface area contributed by atoms with Crippen LogP contribution in [-0.2, 0) is 33.3 Å². The Labute approximate surface area is 138 Å². The van der Waals surface area contributed by atoms with Crippen LogP contribution in [0.15, 0.2) is 0 Å². The van der Waals surface area contributed by atoms with E-state index in [1.54, 1.807) is 0 Å². The molecule has 7 nitrogen and oxygen atoms in total. The molecule has 0 aromatic rings. The van der Waals surface area contributed by atoms with E-state index in [9.17, 15) is 4.79 Å². The molecule has 0 unspecified atom stereocenters. The molecule has 0 bridgehead atoms. The van der Waals surface area contributed by atoms with Gasteiger partial charge in [-0.3, -0.25) is 4.79 Å². The lowest BCUT2D eigenvalue weighted by atomic mass is 9.94. The summed E-state index contributed by atoms with van der Waals surface area (Å²) in [7, 11) is 1.38. The van der Waals surface area contributed by atoms with Gasteiger partial charge in [-0.15, -0.1) is 0 Å². The predicted octanol–water partition coefficient (Wildman–Crippen LogP) is 1.84. The molecule has 0 aliphatic heterocycles. The number of hydrogen-bond acceptors (Lipinski definition) is 7. The fourth-order valence-electron chi connectivity index (χ4n) is 1.63. The molecule has 7 heteroatoms. The molecule has 0 radical (unpaired) electrons. The lowest BCUT2D eigenvalue weighted by Gasteiger charge is -2.29. The Balaban J connectivity index is 0. The Morgan fingerprint density at radius 2 is 1.30 bits per heavy atom. The summed E-state index contributed by atoms with van der Waals surface area (Å²) < 4.78 is 21.4. The first kappa shape index (κ1) is 24.0. The molecule has 23 heavy (non-hydrogen) atoms. The summed E-state index contributed by atoms with van der Waals surface area (Å²) in [6.45, 7) is 9.80. The van der Waals surface area contributed by atoms with Crippen molar-refractivity contribution >= 4 is 12.1 Å². The summed E-state index contributed by atoms with van der Waals surface area (Å²) in [5.74, 6) is -0.254. The van der Waals surface area contributed by atoms with Crippen molar-refractivity contribution in [1.82, 2.24) is 0 Å². The fourth-order valence-corrected chi connectivity index (χ4v) is 1.63. The van der Waals surface area contributed by atoms with Crippen molar-refractivity contribution in [1.29, 1.82) is 0 Å². The number of carbonyl (C=O) groups is 1. The molecule has 0 heterocycles. The molecule has 0 spiro atoms. The second-order valence-corrected chi connectivity index (χ2v) is 5.38. The Morgan fingerprint density at radius 1 is 0.913 bits per heavy atom. The molecule has 0 aliphatic rings. The highest BCUT2D eigenvalue weighted by molar-refractivity contribution is 5.69. The van der Waals surface area contributed by atoms with Crippen LogP contribution in [0.5, 0.6) is 0 Å². The van der Waals surface area contributed by atoms with Crippen molar-refractivity contribution in [2.24, 2.45) is 5.41 Å². The van der Waals surface area contributed by atoms with Crippen LogP contribution in [0.2, 0.25) is 0 Å². The van der Waals surface area contributed by atoms with Crippen molar-refractivity contribution < 1.29 is 33.3 Å². The molecular weight excluding hydrogens is 304 g/mol. The minimum atomic E-state index is -0.254. The van der Waals surface area contributed by atoms with Gasteiger partial charge in [0.15, 0.2) is 0 Å². The first-order chi connectivity index (χ1) is 11.0. The molecule has 0 saturated carbocycles. The van der Waals surface area contributed by atoms with Crippen molar-refractivity contribution in [2.45, 2.75) is 40.0 Å². The Kier molecular flexibility index (Phi) is 17.8. The summed E-state index contributed by atoms with van der Waals surface area (Å²) >= 11 is 0. The molecule has 0 N–H and O–H groups in total. The number of rotatable bonds is 13. The number of hydrogen-bond donors (Lipinski definition) is 0. The second kappa shape index (κ2) is 17.1. The van der Waals surface area contributed by atoms with Gasteiger partial charge in [0.1, 0.15) is 0 Å². The van der Waals surface area contributed by atoms with E-state index in [0.29, 0.717) is 26.4 Å². The number of carbonyl (C=O) groups excluding carboxylic acids is 3. The molecule has 0 aromatic heterocycles. The standard InChI is InChI=1S/C15H30O5.CO2/c1-5-8-18-11-15(3,12-19-9-6-2)13-20-10-7-14(16)17-4;2-1-3/h5-13H2,1-4H3;. The van der Waals surface area contributed by atoms with Gasteiger partial charge in [0.05, 0.1) is 40.0 Å². The van der Waals surface area contributed by atoms with Crippen LogP contribution in [0, 0.1) is 5.41 Å². The SMILES string of the molecule is CCCOCC(C)(COCCC)COCCC(=O)OC.O=C=O. The van der Waals surface area contributed by atoms with Gasteiger partial charge in [0.2, 0.25) is 0 Å². The average Bonchev–Trinajstić information content (AvgIpc) is 2.53. The van der Waals surface area contributed by atoms with Crippen molar-refractivity contribution in [3.05, 3.63) is 0 Å². The zero-order chi connectivity index (χ0) is 18.0. The highest BCUT2D eigenvalue weighted by Crippen LogP contribution is 2.19. The lowest BCUT2D eigenvalue weighted by Crippen LogP contribution is -2.35. The van der Waals surface area contributed by atoms with Crippen molar-refractivity contribution in [3.63, 3.8) is 0 Å². The molecule has 0 aliphatic carbocycles. The number of methoxy groups -OCH3 is 1. The molecule has 0 saturated heterocycles. The van der Waals surface area contributed by atoms with Gasteiger partial charge in [0.25, 0.3) is 0 Å². The summed E-state index contributed by atoms with van der Waals surface area (Å²) in [5, 5.41) is 0. The van der Waals surface area contributed by atoms with Gasteiger partial charge >= 0.3 is 12.1 Å². The summed E-state index contributed by atoms with van der Waals surface area (Å²) in [5.41, 5.74) is -0.180. The van der Waals surface area contributed by atoms with E-state index < -0.39 is 0 Å². The van der Waals surface area contributed by atoms with Crippen LogP contribution in [0.1, 0.15) is 40.0 Å². The number of esters is 1. The summed E-state index contributed by atoms with van der Waals surface area (Å²) in [4.78, 5) is 27.3. The monoisotopic (exact) mass is 334 g/mol. The second-order valence-electron chi connectivity index (χ2n) is 5.38. The third kappa shape index (κ3) is 16.9. The van der Waals surface area contributed by atoms with Gasteiger partial charge in [-0.05, 0) is 12.8 Å². The first-order valence-electron chi connectivity index (χ1n) is 7.79. The van der Waals surface area contributed by atoms with E-state index in [1.807, 2.05) is 0 Å².